The van der Waals surface area contributed by atoms with Crippen LogP contribution in [-0.4, -0.2) is 42.5 Å². The molecule has 1 aliphatic rings. The van der Waals surface area contributed by atoms with Crippen LogP contribution < -0.4 is 5.32 Å². The number of esters is 1. The van der Waals surface area contributed by atoms with Gasteiger partial charge in [-0.2, -0.15) is 0 Å². The van der Waals surface area contributed by atoms with E-state index in [-0.39, 0.29) is 25.1 Å². The van der Waals surface area contributed by atoms with Gasteiger partial charge in [0, 0.05) is 16.1 Å². The van der Waals surface area contributed by atoms with E-state index in [4.69, 9.17) is 27.9 Å². The second-order valence-corrected chi connectivity index (χ2v) is 6.64. The summed E-state index contributed by atoms with van der Waals surface area (Å²) in [4.78, 5) is 26.4. The third-order valence-corrected chi connectivity index (χ3v) is 4.21. The zero-order chi connectivity index (χ0) is 17.7. The molecule has 24 heavy (non-hydrogen) atoms. The quantitative estimate of drug-likeness (QED) is 0.711. The van der Waals surface area contributed by atoms with Gasteiger partial charge >= 0.3 is 5.97 Å². The van der Waals surface area contributed by atoms with E-state index < -0.39 is 12.0 Å². The molecule has 0 radical (unpaired) electrons. The zero-order valence-electron chi connectivity index (χ0n) is 13.9. The Hall–Kier alpha value is -1.30. The third kappa shape index (κ3) is 5.36. The number of benzene rings is 1. The Kier molecular flexibility index (Phi) is 6.90. The summed E-state index contributed by atoms with van der Waals surface area (Å²) in [6, 6.07) is 4.51. The summed E-state index contributed by atoms with van der Waals surface area (Å²) in [5.41, 5.74) is 0.618. The van der Waals surface area contributed by atoms with E-state index in [9.17, 15) is 9.59 Å². The molecule has 7 heteroatoms. The summed E-state index contributed by atoms with van der Waals surface area (Å²) < 4.78 is 5.20. The molecule has 5 nitrogen and oxygen atoms in total. The molecule has 0 saturated heterocycles. The first-order chi connectivity index (χ1) is 11.4. The number of halogens is 2. The van der Waals surface area contributed by atoms with Crippen LogP contribution in [0, 0.1) is 0 Å². The van der Waals surface area contributed by atoms with Gasteiger partial charge in [-0.15, -0.1) is 0 Å². The summed E-state index contributed by atoms with van der Waals surface area (Å²) in [7, 11) is 0. The van der Waals surface area contributed by atoms with E-state index in [2.05, 4.69) is 5.32 Å². The van der Waals surface area contributed by atoms with Gasteiger partial charge in [0.1, 0.15) is 6.04 Å². The first-order valence-electron chi connectivity index (χ1n) is 8.10. The summed E-state index contributed by atoms with van der Waals surface area (Å²) >= 11 is 12.1. The Bertz CT molecular complexity index is 585. The maximum absolute atomic E-state index is 12.5. The van der Waals surface area contributed by atoms with Gasteiger partial charge in [-0.3, -0.25) is 9.69 Å². The fourth-order valence-corrected chi connectivity index (χ4v) is 3.06. The normalized spacial score (nSPS) is 15.2. The fourth-order valence-electron chi connectivity index (χ4n) is 2.52. The van der Waals surface area contributed by atoms with E-state index in [0.29, 0.717) is 22.2 Å². The lowest BCUT2D eigenvalue weighted by Gasteiger charge is -2.29. The monoisotopic (exact) mass is 372 g/mol. The van der Waals surface area contributed by atoms with Crippen LogP contribution in [0.5, 0.6) is 0 Å². The average Bonchev–Trinajstić information content (AvgIpc) is 3.29. The minimum atomic E-state index is -0.726. The number of nitrogens with zero attached hydrogens (tertiary/aromatic N) is 1. The maximum atomic E-state index is 12.5. The standard InChI is InChI=1S/C17H22Cl2N2O3/c1-3-21(10-15(22)20-14-5-6-14)16(17(23)24-4-2)11-7-12(18)9-13(19)8-11/h7-9,14,16H,3-6,10H2,1-2H3,(H,20,22)/t16-/m0/s1. The van der Waals surface area contributed by atoms with Crippen LogP contribution in [0.15, 0.2) is 18.2 Å². The van der Waals surface area contributed by atoms with Crippen LogP contribution in [0.4, 0.5) is 0 Å². The summed E-state index contributed by atoms with van der Waals surface area (Å²) in [5.74, 6) is -0.515. The van der Waals surface area contributed by atoms with Gasteiger partial charge in [-0.05, 0) is 50.1 Å². The molecule has 1 saturated carbocycles. The number of rotatable bonds is 8. The molecular formula is C17H22Cl2N2O3. The highest BCUT2D eigenvalue weighted by molar-refractivity contribution is 6.34. The molecule has 1 fully saturated rings. The molecule has 0 aliphatic heterocycles. The minimum Gasteiger partial charge on any atom is -0.465 e. The van der Waals surface area contributed by atoms with E-state index in [1.54, 1.807) is 30.0 Å². The molecule has 132 valence electrons. The van der Waals surface area contributed by atoms with Crippen molar-refractivity contribution in [3.8, 4) is 0 Å². The van der Waals surface area contributed by atoms with Crippen molar-refractivity contribution in [3.63, 3.8) is 0 Å². The van der Waals surface area contributed by atoms with Crippen molar-refractivity contribution >= 4 is 35.1 Å². The Balaban J connectivity index is 2.24. The SMILES string of the molecule is CCOC(=O)[C@H](c1cc(Cl)cc(Cl)c1)N(CC)CC(=O)NC1CC1. The van der Waals surface area contributed by atoms with Crippen molar-refractivity contribution in [2.75, 3.05) is 19.7 Å². The first-order valence-corrected chi connectivity index (χ1v) is 8.86. The number of ether oxygens (including phenoxy) is 1. The van der Waals surface area contributed by atoms with Crippen LogP contribution in [0.25, 0.3) is 0 Å². The molecule has 1 aromatic rings. The van der Waals surface area contributed by atoms with Crippen LogP contribution in [-0.2, 0) is 14.3 Å². The second-order valence-electron chi connectivity index (χ2n) is 5.76. The van der Waals surface area contributed by atoms with Crippen molar-refractivity contribution in [3.05, 3.63) is 33.8 Å². The molecule has 2 rings (SSSR count). The Morgan fingerprint density at radius 2 is 1.88 bits per heavy atom. The number of hydrogen-bond acceptors (Lipinski definition) is 4. The molecular weight excluding hydrogens is 351 g/mol. The van der Waals surface area contributed by atoms with E-state index in [1.807, 2.05) is 6.92 Å². The van der Waals surface area contributed by atoms with E-state index in [0.717, 1.165) is 12.8 Å². The number of nitrogens with one attached hydrogen (secondary N) is 1. The number of likely N-dealkylation sites (N-methyl/N-ethyl adjacent to an activating group) is 1. The maximum Gasteiger partial charge on any atom is 0.328 e. The lowest BCUT2D eigenvalue weighted by molar-refractivity contribution is -0.150. The van der Waals surface area contributed by atoms with Crippen LogP contribution in [0.3, 0.4) is 0 Å². The van der Waals surface area contributed by atoms with Crippen molar-refractivity contribution < 1.29 is 14.3 Å². The Morgan fingerprint density at radius 1 is 1.25 bits per heavy atom. The van der Waals surface area contributed by atoms with E-state index in [1.165, 1.54) is 0 Å². The molecule has 0 heterocycles. The molecule has 0 spiro atoms. The van der Waals surface area contributed by atoms with Gasteiger partial charge in [0.05, 0.1) is 13.2 Å². The highest BCUT2D eigenvalue weighted by atomic mass is 35.5. The highest BCUT2D eigenvalue weighted by Crippen LogP contribution is 2.28. The largest absolute Gasteiger partial charge is 0.465 e. The Morgan fingerprint density at radius 3 is 2.38 bits per heavy atom. The molecule has 1 N–H and O–H groups in total. The molecule has 1 amide bonds. The number of hydrogen-bond donors (Lipinski definition) is 1. The van der Waals surface area contributed by atoms with Gasteiger partial charge < -0.3 is 10.1 Å². The lowest BCUT2D eigenvalue weighted by atomic mass is 10.0. The van der Waals surface area contributed by atoms with Crippen molar-refractivity contribution in [1.29, 1.82) is 0 Å². The lowest BCUT2D eigenvalue weighted by Crippen LogP contribution is -2.42. The van der Waals surface area contributed by atoms with Gasteiger partial charge in [0.15, 0.2) is 0 Å². The number of amides is 1. The molecule has 0 bridgehead atoms. The first kappa shape index (κ1) is 19.0. The Labute approximate surface area is 152 Å². The van der Waals surface area contributed by atoms with Crippen LogP contribution >= 0.6 is 23.2 Å². The van der Waals surface area contributed by atoms with Crippen LogP contribution in [0.2, 0.25) is 10.0 Å². The fraction of sp³-hybridized carbons (Fsp3) is 0.529. The number of carbonyl (C=O) groups is 2. The predicted octanol–water partition coefficient (Wildman–Crippen LogP) is 3.20. The summed E-state index contributed by atoms with van der Waals surface area (Å²) in [5, 5.41) is 3.80. The topological polar surface area (TPSA) is 58.6 Å². The second kappa shape index (κ2) is 8.70. The van der Waals surface area contributed by atoms with Crippen LogP contribution in [0.1, 0.15) is 38.3 Å². The molecule has 0 unspecified atom stereocenters. The zero-order valence-corrected chi connectivity index (χ0v) is 15.4. The predicted molar refractivity (Wildman–Crippen MR) is 94.2 cm³/mol. The highest BCUT2D eigenvalue weighted by Gasteiger charge is 2.31. The summed E-state index contributed by atoms with van der Waals surface area (Å²) in [6.07, 6.45) is 2.03. The third-order valence-electron chi connectivity index (χ3n) is 3.77. The van der Waals surface area contributed by atoms with E-state index >= 15 is 0 Å². The van der Waals surface area contributed by atoms with Crippen molar-refractivity contribution in [1.82, 2.24) is 10.2 Å². The minimum absolute atomic E-state index is 0.0956. The van der Waals surface area contributed by atoms with Gasteiger partial charge in [0.2, 0.25) is 5.91 Å². The molecule has 1 aliphatic carbocycles. The number of carbonyl (C=O) groups excluding carboxylic acids is 2. The van der Waals surface area contributed by atoms with Gasteiger partial charge in [-0.1, -0.05) is 30.1 Å². The van der Waals surface area contributed by atoms with Gasteiger partial charge in [-0.25, -0.2) is 4.79 Å². The molecule has 1 aromatic carbocycles. The smallest absolute Gasteiger partial charge is 0.328 e. The van der Waals surface area contributed by atoms with Gasteiger partial charge in [0.25, 0.3) is 0 Å². The van der Waals surface area contributed by atoms with Crippen molar-refractivity contribution in [2.45, 2.75) is 38.8 Å². The molecule has 0 aromatic heterocycles. The van der Waals surface area contributed by atoms with Crippen molar-refractivity contribution in [2.24, 2.45) is 0 Å². The average molecular weight is 373 g/mol. The summed E-state index contributed by atoms with van der Waals surface area (Å²) in [6.45, 7) is 4.51. The molecule has 1 atom stereocenters.